The molecule has 0 aliphatic heterocycles. The van der Waals surface area contributed by atoms with Gasteiger partial charge in [0.2, 0.25) is 0 Å². The van der Waals surface area contributed by atoms with Gasteiger partial charge in [-0.05, 0) is 42.5 Å². The number of nitrogens with zero attached hydrogens (tertiary/aromatic N) is 2. The molecule has 7 nitrogen and oxygen atoms in total. The lowest BCUT2D eigenvalue weighted by Crippen LogP contribution is -2.16. The van der Waals surface area contributed by atoms with Crippen LogP contribution in [0.5, 0.6) is 11.6 Å². The molecule has 0 aliphatic rings. The number of benzene rings is 3. The molecule has 0 aliphatic carbocycles. The molecule has 0 atom stereocenters. The SMILES string of the molecule is CS(=O)(=O)c1cccc(NC(=O)c2nc3ccccc3nc2Oc2ccc(F)cc2F)c1. The van der Waals surface area contributed by atoms with Crippen molar-refractivity contribution in [1.82, 2.24) is 9.97 Å². The van der Waals surface area contributed by atoms with Crippen molar-refractivity contribution in [1.29, 1.82) is 0 Å². The number of para-hydroxylation sites is 2. The van der Waals surface area contributed by atoms with Gasteiger partial charge in [-0.2, -0.15) is 0 Å². The summed E-state index contributed by atoms with van der Waals surface area (Å²) in [6, 6.07) is 15.0. The van der Waals surface area contributed by atoms with Crippen LogP contribution in [0.2, 0.25) is 0 Å². The van der Waals surface area contributed by atoms with Crippen molar-refractivity contribution in [3.8, 4) is 11.6 Å². The van der Waals surface area contributed by atoms with Gasteiger partial charge in [0.25, 0.3) is 11.8 Å². The number of ether oxygens (including phenoxy) is 1. The predicted octanol–water partition coefficient (Wildman–Crippen LogP) is 4.36. The minimum absolute atomic E-state index is 0.0183. The number of amides is 1. The normalized spacial score (nSPS) is 11.3. The van der Waals surface area contributed by atoms with Crippen LogP contribution in [0.4, 0.5) is 14.5 Å². The first-order valence-electron chi connectivity index (χ1n) is 9.22. The molecule has 4 aromatic rings. The lowest BCUT2D eigenvalue weighted by Gasteiger charge is -2.12. The summed E-state index contributed by atoms with van der Waals surface area (Å²) in [6.07, 6.45) is 1.05. The molecule has 3 aromatic carbocycles. The summed E-state index contributed by atoms with van der Waals surface area (Å²) < 4.78 is 56.4. The van der Waals surface area contributed by atoms with E-state index < -0.39 is 27.4 Å². The lowest BCUT2D eigenvalue weighted by molar-refractivity contribution is 0.101. The number of rotatable bonds is 5. The van der Waals surface area contributed by atoms with Gasteiger partial charge in [0.1, 0.15) is 5.82 Å². The van der Waals surface area contributed by atoms with Crippen LogP contribution in [0.1, 0.15) is 10.5 Å². The van der Waals surface area contributed by atoms with E-state index in [-0.39, 0.29) is 27.9 Å². The summed E-state index contributed by atoms with van der Waals surface area (Å²) in [6.45, 7) is 0. The van der Waals surface area contributed by atoms with Gasteiger partial charge in [-0.25, -0.2) is 27.2 Å². The van der Waals surface area contributed by atoms with Gasteiger partial charge in [-0.1, -0.05) is 18.2 Å². The zero-order valence-electron chi connectivity index (χ0n) is 16.5. The van der Waals surface area contributed by atoms with E-state index in [1.807, 2.05) is 0 Å². The van der Waals surface area contributed by atoms with E-state index in [1.54, 1.807) is 24.3 Å². The number of anilines is 1. The van der Waals surface area contributed by atoms with Crippen LogP contribution in [0.15, 0.2) is 71.6 Å². The highest BCUT2D eigenvalue weighted by molar-refractivity contribution is 7.90. The number of carbonyl (C=O) groups is 1. The second-order valence-corrected chi connectivity index (χ2v) is 8.81. The molecule has 0 saturated carbocycles. The Balaban J connectivity index is 1.75. The molecule has 1 aromatic heterocycles. The zero-order chi connectivity index (χ0) is 22.9. The Bertz CT molecular complexity index is 1460. The maximum atomic E-state index is 14.1. The van der Waals surface area contributed by atoms with Crippen LogP contribution in [0.3, 0.4) is 0 Å². The van der Waals surface area contributed by atoms with E-state index in [0.717, 1.165) is 18.4 Å². The van der Waals surface area contributed by atoms with Crippen molar-refractivity contribution in [3.63, 3.8) is 0 Å². The van der Waals surface area contributed by atoms with E-state index in [4.69, 9.17) is 4.74 Å². The van der Waals surface area contributed by atoms with Gasteiger partial charge in [0.15, 0.2) is 27.1 Å². The van der Waals surface area contributed by atoms with Crippen LogP contribution in [-0.2, 0) is 9.84 Å². The standard InChI is InChI=1S/C22H15F2N3O4S/c1-32(29,30)15-6-4-5-14(12-15)25-21(28)20-22(27-18-8-3-2-7-17(18)26-20)31-19-10-9-13(23)11-16(19)24/h2-12H,1H3,(H,25,28). The monoisotopic (exact) mass is 455 g/mol. The summed E-state index contributed by atoms with van der Waals surface area (Å²) in [7, 11) is -3.49. The number of nitrogens with one attached hydrogen (secondary N) is 1. The highest BCUT2D eigenvalue weighted by Gasteiger charge is 2.21. The number of fused-ring (bicyclic) bond motifs is 1. The highest BCUT2D eigenvalue weighted by atomic mass is 32.2. The van der Waals surface area contributed by atoms with Gasteiger partial charge in [0.05, 0.1) is 15.9 Å². The van der Waals surface area contributed by atoms with E-state index in [2.05, 4.69) is 15.3 Å². The number of sulfone groups is 1. The third-order valence-electron chi connectivity index (χ3n) is 4.37. The number of aromatic nitrogens is 2. The van der Waals surface area contributed by atoms with Crippen molar-refractivity contribution in [3.05, 3.63) is 84.1 Å². The van der Waals surface area contributed by atoms with Gasteiger partial charge in [-0.15, -0.1) is 0 Å². The minimum Gasteiger partial charge on any atom is -0.434 e. The van der Waals surface area contributed by atoms with Crippen LogP contribution >= 0.6 is 0 Å². The molecule has 0 spiro atoms. The van der Waals surface area contributed by atoms with E-state index in [0.29, 0.717) is 17.1 Å². The smallest absolute Gasteiger partial charge is 0.279 e. The number of carbonyl (C=O) groups excluding carboxylic acids is 1. The average molecular weight is 455 g/mol. The summed E-state index contributed by atoms with van der Waals surface area (Å²) in [5.74, 6) is -3.17. The van der Waals surface area contributed by atoms with Crippen LogP contribution < -0.4 is 10.1 Å². The molecule has 1 heterocycles. The quantitative estimate of drug-likeness (QED) is 0.480. The molecule has 32 heavy (non-hydrogen) atoms. The first kappa shape index (κ1) is 21.3. The van der Waals surface area contributed by atoms with Crippen molar-refractivity contribution < 1.29 is 26.7 Å². The Kier molecular flexibility index (Phi) is 5.54. The molecule has 1 amide bonds. The van der Waals surface area contributed by atoms with Crippen molar-refractivity contribution >= 4 is 32.5 Å². The molecule has 0 fully saturated rings. The summed E-state index contributed by atoms with van der Waals surface area (Å²) in [4.78, 5) is 21.5. The molecule has 162 valence electrons. The summed E-state index contributed by atoms with van der Waals surface area (Å²) >= 11 is 0. The molecule has 4 rings (SSSR count). The molecule has 0 radical (unpaired) electrons. The molecule has 0 saturated heterocycles. The van der Waals surface area contributed by atoms with E-state index in [9.17, 15) is 22.0 Å². The van der Waals surface area contributed by atoms with Crippen LogP contribution in [0, 0.1) is 11.6 Å². The van der Waals surface area contributed by atoms with E-state index in [1.165, 1.54) is 24.3 Å². The number of halogens is 2. The third-order valence-corrected chi connectivity index (χ3v) is 5.48. The maximum Gasteiger partial charge on any atom is 0.279 e. The highest BCUT2D eigenvalue weighted by Crippen LogP contribution is 2.28. The molecule has 0 unspecified atom stereocenters. The second-order valence-electron chi connectivity index (χ2n) is 6.80. The fraction of sp³-hybridized carbons (Fsp3) is 0.0455. The van der Waals surface area contributed by atoms with Gasteiger partial charge < -0.3 is 10.1 Å². The first-order chi connectivity index (χ1) is 15.2. The Hall–Kier alpha value is -3.92. The average Bonchev–Trinajstić information content (AvgIpc) is 2.75. The number of hydrogen-bond acceptors (Lipinski definition) is 6. The summed E-state index contributed by atoms with van der Waals surface area (Å²) in [5.41, 5.74) is 0.707. The first-order valence-corrected chi connectivity index (χ1v) is 11.1. The fourth-order valence-corrected chi connectivity index (χ4v) is 3.53. The number of hydrogen-bond donors (Lipinski definition) is 1. The minimum atomic E-state index is -3.49. The zero-order valence-corrected chi connectivity index (χ0v) is 17.4. The molecule has 1 N–H and O–H groups in total. The predicted molar refractivity (Wildman–Crippen MR) is 113 cm³/mol. The van der Waals surface area contributed by atoms with Crippen molar-refractivity contribution in [2.24, 2.45) is 0 Å². The van der Waals surface area contributed by atoms with Gasteiger partial charge >= 0.3 is 0 Å². The Morgan fingerprint density at radius 1 is 0.938 bits per heavy atom. The van der Waals surface area contributed by atoms with Crippen molar-refractivity contribution in [2.75, 3.05) is 11.6 Å². The third kappa shape index (κ3) is 4.54. The van der Waals surface area contributed by atoms with Crippen molar-refractivity contribution in [2.45, 2.75) is 4.90 Å². The molecule has 10 heteroatoms. The maximum absolute atomic E-state index is 14.1. The lowest BCUT2D eigenvalue weighted by atomic mass is 10.2. The van der Waals surface area contributed by atoms with Gasteiger partial charge in [-0.3, -0.25) is 4.79 Å². The Morgan fingerprint density at radius 2 is 1.66 bits per heavy atom. The molecular weight excluding hydrogens is 440 g/mol. The van der Waals surface area contributed by atoms with Gasteiger partial charge in [0, 0.05) is 18.0 Å². The molecule has 0 bridgehead atoms. The van der Waals surface area contributed by atoms with Crippen LogP contribution in [0.25, 0.3) is 11.0 Å². The topological polar surface area (TPSA) is 98.2 Å². The van der Waals surface area contributed by atoms with Crippen LogP contribution in [-0.4, -0.2) is 30.5 Å². The molecular formula is C22H15F2N3O4S. The second kappa shape index (κ2) is 8.31. The largest absolute Gasteiger partial charge is 0.434 e. The Morgan fingerprint density at radius 3 is 2.34 bits per heavy atom. The van der Waals surface area contributed by atoms with E-state index >= 15 is 0 Å². The summed E-state index contributed by atoms with van der Waals surface area (Å²) in [5, 5.41) is 2.55. The Labute approximate surface area is 181 Å². The fourth-order valence-electron chi connectivity index (χ4n) is 2.86.